The molecule has 0 spiro atoms. The Morgan fingerprint density at radius 1 is 1.12 bits per heavy atom. The lowest BCUT2D eigenvalue weighted by Gasteiger charge is -2.18. The molecule has 0 saturated carbocycles. The van der Waals surface area contributed by atoms with E-state index in [-0.39, 0.29) is 24.3 Å². The van der Waals surface area contributed by atoms with Crippen molar-refractivity contribution in [2.75, 3.05) is 18.4 Å². The molecule has 4 heteroatoms. The monoisotopic (exact) mass is 336 g/mol. The fraction of sp³-hybridized carbons (Fsp3) is 0.333. The van der Waals surface area contributed by atoms with Crippen molar-refractivity contribution >= 4 is 17.5 Å². The molecule has 1 heterocycles. The van der Waals surface area contributed by atoms with Crippen LogP contribution in [0.4, 0.5) is 5.69 Å². The predicted molar refractivity (Wildman–Crippen MR) is 99.7 cm³/mol. The van der Waals surface area contributed by atoms with Gasteiger partial charge in [-0.15, -0.1) is 0 Å². The molecular formula is C21H24N2O2. The van der Waals surface area contributed by atoms with Crippen LogP contribution in [0.3, 0.4) is 0 Å². The van der Waals surface area contributed by atoms with Gasteiger partial charge in [0, 0.05) is 24.6 Å². The Kier molecular flexibility index (Phi) is 4.88. The fourth-order valence-electron chi connectivity index (χ4n) is 3.60. The second-order valence-electron chi connectivity index (χ2n) is 6.91. The lowest BCUT2D eigenvalue weighted by Crippen LogP contribution is -2.34. The first-order valence-corrected chi connectivity index (χ1v) is 8.64. The first kappa shape index (κ1) is 17.2. The number of hydrogen-bond acceptors (Lipinski definition) is 2. The van der Waals surface area contributed by atoms with E-state index in [0.29, 0.717) is 13.0 Å². The van der Waals surface area contributed by atoms with E-state index in [1.54, 1.807) is 4.90 Å². The van der Waals surface area contributed by atoms with Crippen LogP contribution in [-0.4, -0.2) is 29.8 Å². The minimum Gasteiger partial charge on any atom is -0.333 e. The summed E-state index contributed by atoms with van der Waals surface area (Å²) in [5, 5.41) is 2.97. The van der Waals surface area contributed by atoms with Crippen molar-refractivity contribution in [2.24, 2.45) is 0 Å². The van der Waals surface area contributed by atoms with Crippen molar-refractivity contribution in [3.8, 4) is 0 Å². The van der Waals surface area contributed by atoms with Crippen molar-refractivity contribution in [1.29, 1.82) is 0 Å². The van der Waals surface area contributed by atoms with Crippen LogP contribution in [0.1, 0.15) is 34.6 Å². The molecule has 1 saturated heterocycles. The second-order valence-corrected chi connectivity index (χ2v) is 6.91. The molecule has 1 aliphatic heterocycles. The number of hydrogen-bond donors (Lipinski definition) is 1. The van der Waals surface area contributed by atoms with E-state index in [1.165, 1.54) is 5.56 Å². The summed E-state index contributed by atoms with van der Waals surface area (Å²) in [7, 11) is 0. The molecule has 2 aromatic carbocycles. The van der Waals surface area contributed by atoms with Crippen molar-refractivity contribution in [3.05, 3.63) is 64.7 Å². The molecule has 0 aliphatic carbocycles. The van der Waals surface area contributed by atoms with Gasteiger partial charge in [-0.3, -0.25) is 9.59 Å². The zero-order chi connectivity index (χ0) is 18.0. The molecule has 1 atom stereocenters. The van der Waals surface area contributed by atoms with Crippen LogP contribution >= 0.6 is 0 Å². The van der Waals surface area contributed by atoms with Crippen molar-refractivity contribution in [2.45, 2.75) is 33.1 Å². The molecule has 0 aromatic heterocycles. The predicted octanol–water partition coefficient (Wildman–Crippen LogP) is 3.57. The zero-order valence-corrected chi connectivity index (χ0v) is 15.0. The number of carbonyl (C=O) groups is 2. The van der Waals surface area contributed by atoms with Gasteiger partial charge >= 0.3 is 0 Å². The summed E-state index contributed by atoms with van der Waals surface area (Å²) in [6.45, 7) is 6.72. The SMILES string of the molecule is Cc1cc(C)c(NC(=O)CN2C[C@H](c3ccccc3)CC2=O)c(C)c1. The molecule has 0 unspecified atom stereocenters. The molecule has 1 N–H and O–H groups in total. The summed E-state index contributed by atoms with van der Waals surface area (Å²) in [5.41, 5.74) is 5.26. The Morgan fingerprint density at radius 3 is 2.40 bits per heavy atom. The van der Waals surface area contributed by atoms with Gasteiger partial charge in [-0.1, -0.05) is 48.0 Å². The highest BCUT2D eigenvalue weighted by Crippen LogP contribution is 2.28. The third-order valence-corrected chi connectivity index (χ3v) is 4.76. The Morgan fingerprint density at radius 2 is 1.76 bits per heavy atom. The number of likely N-dealkylation sites (tertiary alicyclic amines) is 1. The van der Waals surface area contributed by atoms with Gasteiger partial charge in [0.25, 0.3) is 0 Å². The molecule has 2 aromatic rings. The smallest absolute Gasteiger partial charge is 0.244 e. The molecule has 130 valence electrons. The molecule has 3 rings (SSSR count). The molecule has 1 aliphatic rings. The summed E-state index contributed by atoms with van der Waals surface area (Å²) in [6, 6.07) is 14.1. The Balaban J connectivity index is 1.65. The van der Waals surface area contributed by atoms with Gasteiger partial charge in [0.2, 0.25) is 11.8 Å². The van der Waals surface area contributed by atoms with Crippen LogP contribution in [0.25, 0.3) is 0 Å². The third-order valence-electron chi connectivity index (χ3n) is 4.76. The van der Waals surface area contributed by atoms with E-state index in [4.69, 9.17) is 0 Å². The number of amides is 2. The van der Waals surface area contributed by atoms with Gasteiger partial charge in [-0.25, -0.2) is 0 Å². The highest BCUT2D eigenvalue weighted by atomic mass is 16.2. The van der Waals surface area contributed by atoms with Crippen LogP contribution in [0, 0.1) is 20.8 Å². The molecule has 1 fully saturated rings. The Bertz CT molecular complexity index is 776. The second kappa shape index (κ2) is 7.09. The number of nitrogens with one attached hydrogen (secondary N) is 1. The Labute approximate surface area is 148 Å². The number of aryl methyl sites for hydroxylation is 3. The fourth-order valence-corrected chi connectivity index (χ4v) is 3.60. The molecule has 2 amide bonds. The van der Waals surface area contributed by atoms with Crippen LogP contribution in [-0.2, 0) is 9.59 Å². The van der Waals surface area contributed by atoms with Crippen molar-refractivity contribution in [1.82, 2.24) is 4.90 Å². The zero-order valence-electron chi connectivity index (χ0n) is 15.0. The largest absolute Gasteiger partial charge is 0.333 e. The van der Waals surface area contributed by atoms with E-state index in [2.05, 4.69) is 17.4 Å². The average molecular weight is 336 g/mol. The van der Waals surface area contributed by atoms with E-state index in [1.807, 2.05) is 51.1 Å². The highest BCUT2D eigenvalue weighted by molar-refractivity contribution is 5.96. The number of benzene rings is 2. The topological polar surface area (TPSA) is 49.4 Å². The lowest BCUT2D eigenvalue weighted by atomic mass is 9.99. The maximum atomic E-state index is 12.4. The van der Waals surface area contributed by atoms with Crippen molar-refractivity contribution in [3.63, 3.8) is 0 Å². The molecule has 0 bridgehead atoms. The van der Waals surface area contributed by atoms with Crippen LogP contribution in [0.5, 0.6) is 0 Å². The minimum absolute atomic E-state index is 0.0429. The summed E-state index contributed by atoms with van der Waals surface area (Å²) < 4.78 is 0. The number of carbonyl (C=O) groups excluding carboxylic acids is 2. The van der Waals surface area contributed by atoms with Gasteiger partial charge in [0.15, 0.2) is 0 Å². The molecule has 0 radical (unpaired) electrons. The van der Waals surface area contributed by atoms with Gasteiger partial charge < -0.3 is 10.2 Å². The van der Waals surface area contributed by atoms with E-state index < -0.39 is 0 Å². The number of anilines is 1. The molecule has 4 nitrogen and oxygen atoms in total. The summed E-state index contributed by atoms with van der Waals surface area (Å²) >= 11 is 0. The maximum Gasteiger partial charge on any atom is 0.244 e. The number of rotatable bonds is 4. The summed E-state index contributed by atoms with van der Waals surface area (Å²) in [6.07, 6.45) is 0.472. The summed E-state index contributed by atoms with van der Waals surface area (Å²) in [4.78, 5) is 26.4. The van der Waals surface area contributed by atoms with E-state index in [0.717, 1.165) is 22.4 Å². The number of nitrogens with zero attached hydrogens (tertiary/aromatic N) is 1. The van der Waals surface area contributed by atoms with Gasteiger partial charge in [0.1, 0.15) is 0 Å². The highest BCUT2D eigenvalue weighted by Gasteiger charge is 2.31. The van der Waals surface area contributed by atoms with Crippen LogP contribution in [0.2, 0.25) is 0 Å². The van der Waals surface area contributed by atoms with E-state index in [9.17, 15) is 9.59 Å². The first-order valence-electron chi connectivity index (χ1n) is 8.64. The van der Waals surface area contributed by atoms with Gasteiger partial charge in [0.05, 0.1) is 6.54 Å². The minimum atomic E-state index is -0.142. The maximum absolute atomic E-state index is 12.4. The van der Waals surface area contributed by atoms with Gasteiger partial charge in [-0.2, -0.15) is 0 Å². The molecular weight excluding hydrogens is 312 g/mol. The first-order chi connectivity index (χ1) is 11.9. The Hall–Kier alpha value is -2.62. The van der Waals surface area contributed by atoms with E-state index >= 15 is 0 Å². The van der Waals surface area contributed by atoms with Crippen LogP contribution < -0.4 is 5.32 Å². The summed E-state index contributed by atoms with van der Waals surface area (Å²) in [5.74, 6) is 0.0721. The lowest BCUT2D eigenvalue weighted by molar-refractivity contribution is -0.131. The van der Waals surface area contributed by atoms with Crippen LogP contribution in [0.15, 0.2) is 42.5 Å². The normalized spacial score (nSPS) is 17.0. The quantitative estimate of drug-likeness (QED) is 0.928. The van der Waals surface area contributed by atoms with Crippen molar-refractivity contribution < 1.29 is 9.59 Å². The molecule has 25 heavy (non-hydrogen) atoms. The van der Waals surface area contributed by atoms with Gasteiger partial charge in [-0.05, 0) is 37.5 Å². The third kappa shape index (κ3) is 3.90. The standard InChI is InChI=1S/C21H24N2O2/c1-14-9-15(2)21(16(3)10-14)22-19(24)13-23-12-18(11-20(23)25)17-7-5-4-6-8-17/h4-10,18H,11-13H2,1-3H3,(H,22,24)/t18-/m1/s1. The average Bonchev–Trinajstić information content (AvgIpc) is 2.92.